The number of nitrogens with zero attached hydrogens (tertiary/aromatic N) is 1. The SMILES string of the molecule is NCCN(c1sc2ccccc2c1Cl)S(=O)(=O)c1ccccc1. The molecule has 0 spiro atoms. The number of sulfonamides is 1. The van der Waals surface area contributed by atoms with Crippen molar-refractivity contribution in [2.24, 2.45) is 5.73 Å². The van der Waals surface area contributed by atoms with Gasteiger partial charge in [0.05, 0.1) is 9.92 Å². The van der Waals surface area contributed by atoms with Crippen LogP contribution in [0.4, 0.5) is 5.00 Å². The fraction of sp³-hybridized carbons (Fsp3) is 0.125. The molecular weight excluding hydrogens is 352 g/mol. The lowest BCUT2D eigenvalue weighted by atomic mass is 10.3. The Morgan fingerprint density at radius 3 is 2.35 bits per heavy atom. The minimum Gasteiger partial charge on any atom is -0.329 e. The number of hydrogen-bond donors (Lipinski definition) is 1. The highest BCUT2D eigenvalue weighted by molar-refractivity contribution is 7.93. The van der Waals surface area contributed by atoms with Crippen LogP contribution in [0, 0.1) is 0 Å². The van der Waals surface area contributed by atoms with E-state index in [0.717, 1.165) is 10.1 Å². The molecule has 0 fully saturated rings. The smallest absolute Gasteiger partial charge is 0.265 e. The lowest BCUT2D eigenvalue weighted by Gasteiger charge is -2.22. The minimum absolute atomic E-state index is 0.170. The van der Waals surface area contributed by atoms with Gasteiger partial charge in [-0.25, -0.2) is 8.42 Å². The lowest BCUT2D eigenvalue weighted by Crippen LogP contribution is -2.35. The minimum atomic E-state index is -3.71. The largest absolute Gasteiger partial charge is 0.329 e. The molecule has 0 amide bonds. The maximum atomic E-state index is 13.0. The third kappa shape index (κ3) is 2.95. The van der Waals surface area contributed by atoms with Crippen LogP contribution in [0.25, 0.3) is 10.1 Å². The Morgan fingerprint density at radius 1 is 1.04 bits per heavy atom. The number of anilines is 1. The molecule has 0 aliphatic carbocycles. The van der Waals surface area contributed by atoms with E-state index >= 15 is 0 Å². The standard InChI is InChI=1S/C16H15ClN2O2S2/c17-15-13-8-4-5-9-14(13)22-16(15)19(11-10-18)23(20,21)12-6-2-1-3-7-12/h1-9H,10-11,18H2. The summed E-state index contributed by atoms with van der Waals surface area (Å²) in [5, 5.41) is 1.79. The van der Waals surface area contributed by atoms with E-state index < -0.39 is 10.0 Å². The zero-order valence-electron chi connectivity index (χ0n) is 12.1. The summed E-state index contributed by atoms with van der Waals surface area (Å²) < 4.78 is 28.2. The molecule has 0 aliphatic rings. The van der Waals surface area contributed by atoms with Gasteiger partial charge in [0.1, 0.15) is 5.00 Å². The number of benzene rings is 2. The van der Waals surface area contributed by atoms with Crippen LogP contribution in [-0.4, -0.2) is 21.5 Å². The van der Waals surface area contributed by atoms with Gasteiger partial charge in [0.2, 0.25) is 0 Å². The van der Waals surface area contributed by atoms with Crippen molar-refractivity contribution in [3.8, 4) is 0 Å². The van der Waals surface area contributed by atoms with Gasteiger partial charge in [-0.15, -0.1) is 11.3 Å². The average molecular weight is 367 g/mol. The van der Waals surface area contributed by atoms with E-state index in [-0.39, 0.29) is 18.0 Å². The Hall–Kier alpha value is -1.60. The van der Waals surface area contributed by atoms with Crippen LogP contribution in [0.5, 0.6) is 0 Å². The monoisotopic (exact) mass is 366 g/mol. The fourth-order valence-electron chi connectivity index (χ4n) is 2.33. The lowest BCUT2D eigenvalue weighted by molar-refractivity contribution is 0.591. The van der Waals surface area contributed by atoms with Crippen molar-refractivity contribution in [2.45, 2.75) is 4.90 Å². The van der Waals surface area contributed by atoms with Crippen molar-refractivity contribution in [2.75, 3.05) is 17.4 Å². The Balaban J connectivity index is 2.16. The summed E-state index contributed by atoms with van der Waals surface area (Å²) in [6.45, 7) is 0.375. The first-order valence-corrected chi connectivity index (χ1v) is 9.64. The second-order valence-corrected chi connectivity index (χ2v) is 8.17. The molecule has 3 rings (SSSR count). The van der Waals surface area contributed by atoms with Crippen LogP contribution < -0.4 is 10.0 Å². The van der Waals surface area contributed by atoms with Gasteiger partial charge >= 0.3 is 0 Å². The molecule has 0 bridgehead atoms. The summed E-state index contributed by atoms with van der Waals surface area (Å²) >= 11 is 7.80. The van der Waals surface area contributed by atoms with E-state index in [1.165, 1.54) is 15.6 Å². The quantitative estimate of drug-likeness (QED) is 0.748. The molecule has 1 aromatic heterocycles. The van der Waals surface area contributed by atoms with E-state index in [4.69, 9.17) is 17.3 Å². The molecule has 23 heavy (non-hydrogen) atoms. The number of thiophene rings is 1. The molecule has 1 heterocycles. The van der Waals surface area contributed by atoms with Crippen molar-refractivity contribution < 1.29 is 8.42 Å². The molecule has 0 aliphatic heterocycles. The Morgan fingerprint density at radius 2 is 1.70 bits per heavy atom. The number of rotatable bonds is 5. The van der Waals surface area contributed by atoms with Crippen LogP contribution >= 0.6 is 22.9 Å². The highest BCUT2D eigenvalue weighted by atomic mass is 35.5. The fourth-order valence-corrected chi connectivity index (χ4v) is 5.66. The first-order valence-electron chi connectivity index (χ1n) is 7.00. The zero-order valence-corrected chi connectivity index (χ0v) is 14.5. The topological polar surface area (TPSA) is 63.4 Å². The highest BCUT2D eigenvalue weighted by Crippen LogP contribution is 2.43. The molecule has 7 heteroatoms. The number of hydrogen-bond acceptors (Lipinski definition) is 4. The Labute approximate surface area is 144 Å². The van der Waals surface area contributed by atoms with Crippen molar-refractivity contribution in [3.05, 3.63) is 59.6 Å². The van der Waals surface area contributed by atoms with Crippen molar-refractivity contribution in [1.82, 2.24) is 0 Å². The van der Waals surface area contributed by atoms with Crippen LogP contribution in [-0.2, 0) is 10.0 Å². The van der Waals surface area contributed by atoms with Crippen LogP contribution in [0.2, 0.25) is 5.02 Å². The summed E-state index contributed by atoms with van der Waals surface area (Å²) in [6, 6.07) is 15.9. The predicted octanol–water partition coefficient (Wildman–Crippen LogP) is 3.71. The second-order valence-electron chi connectivity index (χ2n) is 4.90. The van der Waals surface area contributed by atoms with E-state index in [0.29, 0.717) is 10.0 Å². The molecule has 120 valence electrons. The third-order valence-corrected chi connectivity index (χ3v) is 7.03. The molecule has 0 saturated carbocycles. The van der Waals surface area contributed by atoms with Crippen molar-refractivity contribution in [3.63, 3.8) is 0 Å². The van der Waals surface area contributed by atoms with Gasteiger partial charge in [-0.05, 0) is 18.2 Å². The summed E-state index contributed by atoms with van der Waals surface area (Å²) in [7, 11) is -3.71. The first-order chi connectivity index (χ1) is 11.1. The van der Waals surface area contributed by atoms with E-state index in [9.17, 15) is 8.42 Å². The van der Waals surface area contributed by atoms with Crippen LogP contribution in [0.3, 0.4) is 0 Å². The molecule has 0 atom stereocenters. The second kappa shape index (κ2) is 6.49. The number of halogens is 1. The summed E-state index contributed by atoms with van der Waals surface area (Å²) in [5.74, 6) is 0. The molecular formula is C16H15ClN2O2S2. The van der Waals surface area contributed by atoms with Gasteiger partial charge in [-0.2, -0.15) is 0 Å². The van der Waals surface area contributed by atoms with Crippen molar-refractivity contribution >= 4 is 48.0 Å². The van der Waals surface area contributed by atoms with Gasteiger partial charge in [0, 0.05) is 23.2 Å². The number of fused-ring (bicyclic) bond motifs is 1. The molecule has 2 aromatic carbocycles. The normalized spacial score (nSPS) is 11.7. The van der Waals surface area contributed by atoms with Crippen molar-refractivity contribution in [1.29, 1.82) is 0 Å². The average Bonchev–Trinajstić information content (AvgIpc) is 2.90. The van der Waals surface area contributed by atoms with Crippen LogP contribution in [0.1, 0.15) is 0 Å². The summed E-state index contributed by atoms with van der Waals surface area (Å²) in [6.07, 6.45) is 0. The van der Waals surface area contributed by atoms with Gasteiger partial charge in [0.15, 0.2) is 0 Å². The van der Waals surface area contributed by atoms with Gasteiger partial charge < -0.3 is 5.73 Å². The van der Waals surface area contributed by atoms with E-state index in [1.807, 2.05) is 24.3 Å². The first kappa shape index (κ1) is 16.3. The summed E-state index contributed by atoms with van der Waals surface area (Å²) in [5.41, 5.74) is 5.64. The predicted molar refractivity (Wildman–Crippen MR) is 96.9 cm³/mol. The van der Waals surface area contributed by atoms with Gasteiger partial charge in [-0.1, -0.05) is 48.0 Å². The maximum absolute atomic E-state index is 13.0. The zero-order chi connectivity index (χ0) is 16.4. The Bertz CT molecular complexity index is 924. The number of nitrogens with two attached hydrogens (primary N) is 1. The van der Waals surface area contributed by atoms with Gasteiger partial charge in [-0.3, -0.25) is 4.31 Å². The molecule has 0 radical (unpaired) electrons. The molecule has 3 aromatic rings. The van der Waals surface area contributed by atoms with E-state index in [1.54, 1.807) is 30.3 Å². The molecule has 0 unspecified atom stereocenters. The van der Waals surface area contributed by atoms with Crippen LogP contribution in [0.15, 0.2) is 59.5 Å². The molecule has 2 N–H and O–H groups in total. The highest BCUT2D eigenvalue weighted by Gasteiger charge is 2.28. The Kier molecular flexibility index (Phi) is 4.59. The summed E-state index contributed by atoms with van der Waals surface area (Å²) in [4.78, 5) is 0.224. The third-order valence-electron chi connectivity index (χ3n) is 3.41. The molecule has 4 nitrogen and oxygen atoms in total. The van der Waals surface area contributed by atoms with Gasteiger partial charge in [0.25, 0.3) is 10.0 Å². The van der Waals surface area contributed by atoms with E-state index in [2.05, 4.69) is 0 Å². The maximum Gasteiger partial charge on any atom is 0.265 e. The molecule has 0 saturated heterocycles.